The van der Waals surface area contributed by atoms with Gasteiger partial charge in [-0.3, -0.25) is 4.90 Å². The highest BCUT2D eigenvalue weighted by atomic mass is 16.3. The average Bonchev–Trinajstić information content (AvgIpc) is 2.35. The Kier molecular flexibility index (Phi) is 2.68. The van der Waals surface area contributed by atoms with Crippen molar-refractivity contribution in [1.82, 2.24) is 4.90 Å². The minimum atomic E-state index is 0.0553. The molecule has 0 aliphatic carbocycles. The first-order valence-corrected chi connectivity index (χ1v) is 3.57. The monoisotopic (exact) mass is 155 g/mol. The summed E-state index contributed by atoms with van der Waals surface area (Å²) in [7, 11) is 1.83. The van der Waals surface area contributed by atoms with Gasteiger partial charge in [0, 0.05) is 0 Å². The first-order valence-electron chi connectivity index (χ1n) is 3.57. The van der Waals surface area contributed by atoms with E-state index in [0.29, 0.717) is 6.54 Å². The summed E-state index contributed by atoms with van der Waals surface area (Å²) in [6.45, 7) is 2.62. The number of aryl methyl sites for hydroxylation is 1. The molecular formula is C8H13NO2. The third kappa shape index (κ3) is 2.37. The fraction of sp³-hybridized carbons (Fsp3) is 0.500. The van der Waals surface area contributed by atoms with Gasteiger partial charge in [0.2, 0.25) is 0 Å². The zero-order valence-electron chi connectivity index (χ0n) is 6.87. The van der Waals surface area contributed by atoms with E-state index in [2.05, 4.69) is 0 Å². The van der Waals surface area contributed by atoms with E-state index in [1.165, 1.54) is 0 Å². The number of hydrogen-bond acceptors (Lipinski definition) is 3. The number of aliphatic hydroxyl groups excluding tert-OH is 1. The Balaban J connectivity index is 2.50. The Bertz CT molecular complexity index is 220. The Morgan fingerprint density at radius 1 is 1.55 bits per heavy atom. The summed E-state index contributed by atoms with van der Waals surface area (Å²) in [5.41, 5.74) is 0. The smallest absolute Gasteiger partial charge is 0.118 e. The second kappa shape index (κ2) is 3.55. The van der Waals surface area contributed by atoms with Gasteiger partial charge >= 0.3 is 0 Å². The van der Waals surface area contributed by atoms with Crippen molar-refractivity contribution in [3.8, 4) is 0 Å². The fourth-order valence-corrected chi connectivity index (χ4v) is 0.886. The van der Waals surface area contributed by atoms with E-state index in [-0.39, 0.29) is 6.73 Å². The van der Waals surface area contributed by atoms with Crippen LogP contribution in [0.5, 0.6) is 0 Å². The van der Waals surface area contributed by atoms with E-state index in [1.54, 1.807) is 4.90 Å². The zero-order chi connectivity index (χ0) is 8.27. The van der Waals surface area contributed by atoms with E-state index in [9.17, 15) is 0 Å². The highest BCUT2D eigenvalue weighted by Crippen LogP contribution is 2.07. The fourth-order valence-electron chi connectivity index (χ4n) is 0.886. The van der Waals surface area contributed by atoms with Gasteiger partial charge in [0.05, 0.1) is 13.3 Å². The Labute approximate surface area is 66.2 Å². The van der Waals surface area contributed by atoms with Crippen molar-refractivity contribution >= 4 is 0 Å². The van der Waals surface area contributed by atoms with Crippen molar-refractivity contribution in [2.45, 2.75) is 13.5 Å². The van der Waals surface area contributed by atoms with Gasteiger partial charge < -0.3 is 9.52 Å². The van der Waals surface area contributed by atoms with Gasteiger partial charge in [-0.05, 0) is 26.1 Å². The molecule has 0 saturated heterocycles. The maximum Gasteiger partial charge on any atom is 0.118 e. The van der Waals surface area contributed by atoms with Gasteiger partial charge in [-0.15, -0.1) is 0 Å². The van der Waals surface area contributed by atoms with E-state index in [1.807, 2.05) is 26.1 Å². The molecule has 0 saturated carbocycles. The lowest BCUT2D eigenvalue weighted by Gasteiger charge is -2.09. The molecule has 1 heterocycles. The Morgan fingerprint density at radius 3 is 2.73 bits per heavy atom. The lowest BCUT2D eigenvalue weighted by Crippen LogP contribution is -2.17. The molecule has 11 heavy (non-hydrogen) atoms. The molecule has 1 N–H and O–H groups in total. The largest absolute Gasteiger partial charge is 0.465 e. The van der Waals surface area contributed by atoms with Crippen molar-refractivity contribution < 1.29 is 9.52 Å². The van der Waals surface area contributed by atoms with Crippen LogP contribution in [-0.2, 0) is 6.54 Å². The molecule has 0 aromatic carbocycles. The number of aliphatic hydroxyl groups is 1. The highest BCUT2D eigenvalue weighted by Gasteiger charge is 2.01. The first kappa shape index (κ1) is 8.30. The molecular weight excluding hydrogens is 142 g/mol. The molecule has 0 aliphatic rings. The average molecular weight is 155 g/mol. The second-order valence-corrected chi connectivity index (χ2v) is 2.67. The maximum absolute atomic E-state index is 8.69. The van der Waals surface area contributed by atoms with E-state index < -0.39 is 0 Å². The lowest BCUT2D eigenvalue weighted by atomic mass is 10.4. The summed E-state index contributed by atoms with van der Waals surface area (Å²) in [5, 5.41) is 8.69. The molecule has 1 aromatic rings. The summed E-state index contributed by atoms with van der Waals surface area (Å²) in [6.07, 6.45) is 0. The van der Waals surface area contributed by atoms with Crippen LogP contribution >= 0.6 is 0 Å². The molecule has 0 radical (unpaired) electrons. The SMILES string of the molecule is Cc1ccc(CN(C)CO)o1. The van der Waals surface area contributed by atoms with E-state index in [4.69, 9.17) is 9.52 Å². The summed E-state index contributed by atoms with van der Waals surface area (Å²) in [4.78, 5) is 1.76. The normalized spacial score (nSPS) is 10.9. The number of rotatable bonds is 3. The van der Waals surface area contributed by atoms with Crippen molar-refractivity contribution in [2.24, 2.45) is 0 Å². The topological polar surface area (TPSA) is 36.6 Å². The first-order chi connectivity index (χ1) is 5.22. The van der Waals surface area contributed by atoms with Crippen LogP contribution in [-0.4, -0.2) is 23.8 Å². The Hall–Kier alpha value is -0.800. The van der Waals surface area contributed by atoms with Gasteiger partial charge in [-0.1, -0.05) is 0 Å². The van der Waals surface area contributed by atoms with Crippen LogP contribution in [0.15, 0.2) is 16.5 Å². The van der Waals surface area contributed by atoms with Crippen LogP contribution in [0, 0.1) is 6.92 Å². The highest BCUT2D eigenvalue weighted by molar-refractivity contribution is 5.04. The number of furan rings is 1. The van der Waals surface area contributed by atoms with Crippen LogP contribution in [0.3, 0.4) is 0 Å². The minimum absolute atomic E-state index is 0.0553. The van der Waals surface area contributed by atoms with Crippen molar-refractivity contribution in [1.29, 1.82) is 0 Å². The molecule has 1 aromatic heterocycles. The van der Waals surface area contributed by atoms with Gasteiger partial charge in [-0.2, -0.15) is 0 Å². The summed E-state index contributed by atoms with van der Waals surface area (Å²) < 4.78 is 5.30. The molecule has 0 bridgehead atoms. The van der Waals surface area contributed by atoms with Crippen LogP contribution in [0.25, 0.3) is 0 Å². The van der Waals surface area contributed by atoms with Gasteiger partial charge in [-0.25, -0.2) is 0 Å². The summed E-state index contributed by atoms with van der Waals surface area (Å²) in [5.74, 6) is 1.80. The van der Waals surface area contributed by atoms with Gasteiger partial charge in [0.15, 0.2) is 0 Å². The zero-order valence-corrected chi connectivity index (χ0v) is 6.87. The molecule has 0 spiro atoms. The van der Waals surface area contributed by atoms with E-state index >= 15 is 0 Å². The van der Waals surface area contributed by atoms with Crippen molar-refractivity contribution in [3.05, 3.63) is 23.7 Å². The van der Waals surface area contributed by atoms with Gasteiger partial charge in [0.1, 0.15) is 11.5 Å². The molecule has 62 valence electrons. The molecule has 1 rings (SSSR count). The molecule has 0 fully saturated rings. The van der Waals surface area contributed by atoms with Crippen LogP contribution in [0.1, 0.15) is 11.5 Å². The van der Waals surface area contributed by atoms with Crippen molar-refractivity contribution in [2.75, 3.05) is 13.8 Å². The standard InChI is InChI=1S/C8H13NO2/c1-7-3-4-8(11-7)5-9(2)6-10/h3-4,10H,5-6H2,1-2H3. The van der Waals surface area contributed by atoms with Crippen LogP contribution < -0.4 is 0 Å². The van der Waals surface area contributed by atoms with Crippen molar-refractivity contribution in [3.63, 3.8) is 0 Å². The molecule has 0 amide bonds. The molecule has 3 heteroatoms. The molecule has 3 nitrogen and oxygen atoms in total. The van der Waals surface area contributed by atoms with Gasteiger partial charge in [0.25, 0.3) is 0 Å². The van der Waals surface area contributed by atoms with E-state index in [0.717, 1.165) is 11.5 Å². The third-order valence-corrected chi connectivity index (χ3v) is 1.46. The second-order valence-electron chi connectivity index (χ2n) is 2.67. The predicted octanol–water partition coefficient (Wildman–Crippen LogP) is 0.970. The molecule has 0 atom stereocenters. The summed E-state index contributed by atoms with van der Waals surface area (Å²) >= 11 is 0. The summed E-state index contributed by atoms with van der Waals surface area (Å²) in [6, 6.07) is 3.84. The Morgan fingerprint density at radius 2 is 2.27 bits per heavy atom. The number of nitrogens with zero attached hydrogens (tertiary/aromatic N) is 1. The number of hydrogen-bond donors (Lipinski definition) is 1. The van der Waals surface area contributed by atoms with Crippen LogP contribution in [0.4, 0.5) is 0 Å². The predicted molar refractivity (Wildman–Crippen MR) is 42.0 cm³/mol. The molecule has 0 aliphatic heterocycles. The third-order valence-electron chi connectivity index (χ3n) is 1.46. The molecule has 0 unspecified atom stereocenters. The maximum atomic E-state index is 8.69. The minimum Gasteiger partial charge on any atom is -0.465 e. The quantitative estimate of drug-likeness (QED) is 0.661. The lowest BCUT2D eigenvalue weighted by molar-refractivity contribution is 0.119. The van der Waals surface area contributed by atoms with Crippen LogP contribution in [0.2, 0.25) is 0 Å².